The van der Waals surface area contributed by atoms with Gasteiger partial charge in [-0.1, -0.05) is 19.1 Å². The van der Waals surface area contributed by atoms with E-state index < -0.39 is 0 Å². The smallest absolute Gasteiger partial charge is 0.223 e. The molecule has 0 unspecified atom stereocenters. The highest BCUT2D eigenvalue weighted by atomic mass is 19.1. The highest BCUT2D eigenvalue weighted by Gasteiger charge is 2.11. The Morgan fingerprint density at radius 2 is 1.74 bits per heavy atom. The van der Waals surface area contributed by atoms with E-state index in [1.54, 1.807) is 30.7 Å². The first kappa shape index (κ1) is 15.1. The molecule has 3 aromatic rings. The average Bonchev–Trinajstić information content (AvgIpc) is 2.61. The summed E-state index contributed by atoms with van der Waals surface area (Å²) in [6.45, 7) is 2.90. The molecular formula is C18H17FN4. The Balaban J connectivity index is 2.09. The van der Waals surface area contributed by atoms with Crippen LogP contribution in [0, 0.1) is 5.82 Å². The van der Waals surface area contributed by atoms with Gasteiger partial charge in [-0.15, -0.1) is 0 Å². The first-order valence-corrected chi connectivity index (χ1v) is 7.55. The van der Waals surface area contributed by atoms with E-state index in [1.165, 1.54) is 12.1 Å². The van der Waals surface area contributed by atoms with Crippen molar-refractivity contribution in [2.45, 2.75) is 13.3 Å². The number of rotatable bonds is 5. The minimum Gasteiger partial charge on any atom is -0.354 e. The standard InChI is InChI=1S/C18H17FN4/c1-2-9-21-18-22-12-16(13-3-5-15(19)6-4-13)17(23-18)14-7-10-20-11-8-14/h3-8,10-12H,2,9H2,1H3,(H,21,22,23). The summed E-state index contributed by atoms with van der Waals surface area (Å²) in [5.74, 6) is 0.325. The molecule has 0 aliphatic carbocycles. The molecule has 2 aromatic heterocycles. The monoisotopic (exact) mass is 308 g/mol. The normalized spacial score (nSPS) is 10.5. The zero-order valence-corrected chi connectivity index (χ0v) is 12.8. The van der Waals surface area contributed by atoms with Crippen molar-refractivity contribution in [3.05, 3.63) is 60.8 Å². The average molecular weight is 308 g/mol. The molecule has 3 rings (SSSR count). The molecule has 23 heavy (non-hydrogen) atoms. The number of benzene rings is 1. The van der Waals surface area contributed by atoms with Gasteiger partial charge in [0.25, 0.3) is 0 Å². The largest absolute Gasteiger partial charge is 0.354 e. The van der Waals surface area contributed by atoms with Gasteiger partial charge >= 0.3 is 0 Å². The van der Waals surface area contributed by atoms with E-state index in [-0.39, 0.29) is 5.82 Å². The quantitative estimate of drug-likeness (QED) is 0.768. The second-order valence-electron chi connectivity index (χ2n) is 5.13. The topological polar surface area (TPSA) is 50.7 Å². The van der Waals surface area contributed by atoms with Crippen LogP contribution in [0.3, 0.4) is 0 Å². The molecule has 116 valence electrons. The molecule has 0 aliphatic heterocycles. The zero-order chi connectivity index (χ0) is 16.1. The molecule has 0 bridgehead atoms. The summed E-state index contributed by atoms with van der Waals surface area (Å²) in [5.41, 5.74) is 3.48. The molecule has 0 saturated carbocycles. The zero-order valence-electron chi connectivity index (χ0n) is 12.8. The number of nitrogens with zero attached hydrogens (tertiary/aromatic N) is 3. The molecule has 0 spiro atoms. The summed E-state index contributed by atoms with van der Waals surface area (Å²) in [7, 11) is 0. The van der Waals surface area contributed by atoms with Crippen molar-refractivity contribution in [2.75, 3.05) is 11.9 Å². The van der Waals surface area contributed by atoms with Gasteiger partial charge in [0.15, 0.2) is 0 Å². The summed E-state index contributed by atoms with van der Waals surface area (Å²) in [6.07, 6.45) is 6.22. The minimum atomic E-state index is -0.263. The van der Waals surface area contributed by atoms with Crippen LogP contribution < -0.4 is 5.32 Å². The predicted octanol–water partition coefficient (Wildman–Crippen LogP) is 4.17. The maximum absolute atomic E-state index is 13.2. The molecule has 2 heterocycles. The van der Waals surface area contributed by atoms with Gasteiger partial charge in [-0.3, -0.25) is 4.98 Å². The molecule has 0 aliphatic rings. The third-order valence-electron chi connectivity index (χ3n) is 3.43. The van der Waals surface area contributed by atoms with Crippen LogP contribution in [0.4, 0.5) is 10.3 Å². The lowest BCUT2D eigenvalue weighted by atomic mass is 10.0. The van der Waals surface area contributed by atoms with Crippen LogP contribution in [0.25, 0.3) is 22.4 Å². The van der Waals surface area contributed by atoms with E-state index in [2.05, 4.69) is 27.2 Å². The van der Waals surface area contributed by atoms with E-state index in [9.17, 15) is 4.39 Å². The molecule has 0 fully saturated rings. The highest BCUT2D eigenvalue weighted by Crippen LogP contribution is 2.30. The Morgan fingerprint density at radius 3 is 2.43 bits per heavy atom. The van der Waals surface area contributed by atoms with Gasteiger partial charge in [0, 0.05) is 36.3 Å². The Bertz CT molecular complexity index is 773. The lowest BCUT2D eigenvalue weighted by molar-refractivity contribution is 0.628. The van der Waals surface area contributed by atoms with Crippen molar-refractivity contribution < 1.29 is 4.39 Å². The lowest BCUT2D eigenvalue weighted by Crippen LogP contribution is -2.05. The lowest BCUT2D eigenvalue weighted by Gasteiger charge is -2.11. The Hall–Kier alpha value is -2.82. The van der Waals surface area contributed by atoms with Crippen molar-refractivity contribution in [2.24, 2.45) is 0 Å². The van der Waals surface area contributed by atoms with Gasteiger partial charge in [-0.2, -0.15) is 0 Å². The van der Waals surface area contributed by atoms with Crippen molar-refractivity contribution in [1.82, 2.24) is 15.0 Å². The molecule has 0 saturated heterocycles. The summed E-state index contributed by atoms with van der Waals surface area (Å²) in [5, 5.41) is 3.19. The molecule has 0 amide bonds. The number of hydrogen-bond donors (Lipinski definition) is 1. The molecule has 0 atom stereocenters. The van der Waals surface area contributed by atoms with Crippen LogP contribution in [-0.2, 0) is 0 Å². The Kier molecular flexibility index (Phi) is 4.57. The van der Waals surface area contributed by atoms with Crippen LogP contribution in [-0.4, -0.2) is 21.5 Å². The van der Waals surface area contributed by atoms with Crippen molar-refractivity contribution >= 4 is 5.95 Å². The van der Waals surface area contributed by atoms with Gasteiger partial charge in [-0.05, 0) is 36.2 Å². The third-order valence-corrected chi connectivity index (χ3v) is 3.43. The number of anilines is 1. The van der Waals surface area contributed by atoms with Crippen molar-refractivity contribution in [1.29, 1.82) is 0 Å². The number of nitrogens with one attached hydrogen (secondary N) is 1. The molecule has 0 radical (unpaired) electrons. The third kappa shape index (κ3) is 3.51. The number of aromatic nitrogens is 3. The van der Waals surface area contributed by atoms with Crippen molar-refractivity contribution in [3.8, 4) is 22.4 Å². The molecule has 4 nitrogen and oxygen atoms in total. The molecular weight excluding hydrogens is 291 g/mol. The van der Waals surface area contributed by atoms with Gasteiger partial charge in [0.05, 0.1) is 5.69 Å². The second-order valence-corrected chi connectivity index (χ2v) is 5.13. The first-order chi connectivity index (χ1) is 11.3. The summed E-state index contributed by atoms with van der Waals surface area (Å²) in [6, 6.07) is 10.2. The number of pyridine rings is 1. The fourth-order valence-electron chi connectivity index (χ4n) is 2.27. The van der Waals surface area contributed by atoms with Crippen LogP contribution in [0.5, 0.6) is 0 Å². The Morgan fingerprint density at radius 1 is 1.00 bits per heavy atom. The first-order valence-electron chi connectivity index (χ1n) is 7.55. The highest BCUT2D eigenvalue weighted by molar-refractivity contribution is 5.80. The van der Waals surface area contributed by atoms with Crippen LogP contribution >= 0.6 is 0 Å². The molecule has 5 heteroatoms. The summed E-state index contributed by atoms with van der Waals surface area (Å²) >= 11 is 0. The van der Waals surface area contributed by atoms with E-state index in [4.69, 9.17) is 0 Å². The minimum absolute atomic E-state index is 0.263. The number of halogens is 1. The van der Waals surface area contributed by atoms with E-state index in [1.807, 2.05) is 12.1 Å². The van der Waals surface area contributed by atoms with Crippen molar-refractivity contribution in [3.63, 3.8) is 0 Å². The summed E-state index contributed by atoms with van der Waals surface area (Å²) in [4.78, 5) is 13.1. The van der Waals surface area contributed by atoms with Crippen LogP contribution in [0.15, 0.2) is 55.0 Å². The van der Waals surface area contributed by atoms with E-state index >= 15 is 0 Å². The van der Waals surface area contributed by atoms with E-state index in [0.717, 1.165) is 35.3 Å². The fourth-order valence-corrected chi connectivity index (χ4v) is 2.27. The van der Waals surface area contributed by atoms with Crippen LogP contribution in [0.1, 0.15) is 13.3 Å². The van der Waals surface area contributed by atoms with Crippen LogP contribution in [0.2, 0.25) is 0 Å². The second kappa shape index (κ2) is 6.96. The Labute approximate surface area is 134 Å². The maximum Gasteiger partial charge on any atom is 0.223 e. The van der Waals surface area contributed by atoms with Gasteiger partial charge in [0.2, 0.25) is 5.95 Å². The van der Waals surface area contributed by atoms with Gasteiger partial charge in [0.1, 0.15) is 5.82 Å². The summed E-state index contributed by atoms with van der Waals surface area (Å²) < 4.78 is 13.2. The molecule has 1 N–H and O–H groups in total. The SMILES string of the molecule is CCCNc1ncc(-c2ccc(F)cc2)c(-c2ccncc2)n1. The van der Waals surface area contributed by atoms with E-state index in [0.29, 0.717) is 5.95 Å². The van der Waals surface area contributed by atoms with Gasteiger partial charge < -0.3 is 5.32 Å². The predicted molar refractivity (Wildman–Crippen MR) is 89.4 cm³/mol. The number of hydrogen-bond acceptors (Lipinski definition) is 4. The fraction of sp³-hybridized carbons (Fsp3) is 0.167. The maximum atomic E-state index is 13.2. The van der Waals surface area contributed by atoms with Gasteiger partial charge in [-0.25, -0.2) is 14.4 Å². The molecule has 1 aromatic carbocycles.